The van der Waals surface area contributed by atoms with Gasteiger partial charge in [0.25, 0.3) is 5.56 Å². The van der Waals surface area contributed by atoms with Crippen molar-refractivity contribution in [3.63, 3.8) is 0 Å². The number of sulfonamides is 1. The van der Waals surface area contributed by atoms with E-state index >= 15 is 0 Å². The van der Waals surface area contributed by atoms with E-state index in [1.165, 1.54) is 0 Å². The van der Waals surface area contributed by atoms with Gasteiger partial charge in [-0.2, -0.15) is 0 Å². The number of halogens is 1. The van der Waals surface area contributed by atoms with Gasteiger partial charge in [-0.15, -0.1) is 0 Å². The Labute approximate surface area is 117 Å². The molecule has 0 unspecified atom stereocenters. The minimum absolute atomic E-state index is 0.0781. The molecule has 0 saturated heterocycles. The van der Waals surface area contributed by atoms with Gasteiger partial charge in [0, 0.05) is 19.3 Å². The lowest BCUT2D eigenvalue weighted by atomic mass is 10.4. The molecule has 1 rings (SSSR count). The van der Waals surface area contributed by atoms with Gasteiger partial charge in [-0.25, -0.2) is 13.1 Å². The summed E-state index contributed by atoms with van der Waals surface area (Å²) >= 11 is 5.58. The van der Waals surface area contributed by atoms with Gasteiger partial charge in [-0.3, -0.25) is 4.79 Å². The van der Waals surface area contributed by atoms with Crippen LogP contribution in [0.3, 0.4) is 0 Å². The fourth-order valence-electron chi connectivity index (χ4n) is 1.27. The molecule has 0 aliphatic heterocycles. The van der Waals surface area contributed by atoms with E-state index in [9.17, 15) is 13.2 Å². The molecule has 6 nitrogen and oxygen atoms in total. The molecular weight excluding hydrogens is 292 g/mol. The molecule has 0 fully saturated rings. The Morgan fingerprint density at radius 2 is 2.16 bits per heavy atom. The molecule has 108 valence electrons. The molecule has 0 aromatic carbocycles. The van der Waals surface area contributed by atoms with Crippen LogP contribution < -0.4 is 10.3 Å². The molecule has 1 heterocycles. The molecule has 1 aromatic rings. The fraction of sp³-hybridized carbons (Fsp3) is 0.545. The predicted octanol–water partition coefficient (Wildman–Crippen LogP) is 1.12. The first-order valence-electron chi connectivity index (χ1n) is 5.93. The number of H-pyrrole nitrogens is 1. The monoisotopic (exact) mass is 308 g/mol. The largest absolute Gasteiger partial charge is 0.380 e. The summed E-state index contributed by atoms with van der Waals surface area (Å²) in [5, 5.41) is -0.165. The molecule has 0 atom stereocenters. The lowest BCUT2D eigenvalue weighted by molar-refractivity contribution is 0.136. The molecular formula is C11H17ClN2O4S. The van der Waals surface area contributed by atoms with E-state index in [4.69, 9.17) is 16.3 Å². The van der Waals surface area contributed by atoms with Crippen LogP contribution in [0.25, 0.3) is 0 Å². The van der Waals surface area contributed by atoms with Gasteiger partial charge < -0.3 is 9.72 Å². The number of unbranched alkanes of at least 4 members (excludes halogenated alkanes) is 1. The maximum atomic E-state index is 11.8. The van der Waals surface area contributed by atoms with Gasteiger partial charge >= 0.3 is 0 Å². The Bertz CT molecular complexity index is 556. The number of aromatic amines is 1. The van der Waals surface area contributed by atoms with Crippen molar-refractivity contribution in [3.05, 3.63) is 27.6 Å². The van der Waals surface area contributed by atoms with Crippen molar-refractivity contribution in [1.82, 2.24) is 9.71 Å². The molecule has 0 spiro atoms. The number of aromatic nitrogens is 1. The summed E-state index contributed by atoms with van der Waals surface area (Å²) in [6.45, 7) is 3.13. The number of pyridine rings is 1. The summed E-state index contributed by atoms with van der Waals surface area (Å²) < 4.78 is 31.3. The first-order valence-corrected chi connectivity index (χ1v) is 7.79. The molecule has 0 radical (unpaired) electrons. The lowest BCUT2D eigenvalue weighted by Crippen LogP contribution is -2.28. The number of ether oxygens (including phenoxy) is 1. The highest BCUT2D eigenvalue weighted by molar-refractivity contribution is 7.89. The summed E-state index contributed by atoms with van der Waals surface area (Å²) in [5.41, 5.74) is -0.525. The maximum absolute atomic E-state index is 11.8. The van der Waals surface area contributed by atoms with Crippen molar-refractivity contribution in [2.45, 2.75) is 24.7 Å². The highest BCUT2D eigenvalue weighted by atomic mass is 35.5. The van der Waals surface area contributed by atoms with Crippen LogP contribution in [0.2, 0.25) is 5.02 Å². The first-order chi connectivity index (χ1) is 8.97. The van der Waals surface area contributed by atoms with Crippen LogP contribution in [0.4, 0.5) is 0 Å². The summed E-state index contributed by atoms with van der Waals surface area (Å²) in [6, 6.07) is 1.11. The average Bonchev–Trinajstić information content (AvgIpc) is 2.36. The molecule has 0 saturated carbocycles. The summed E-state index contributed by atoms with van der Waals surface area (Å²) in [6.07, 6.45) is 3.08. The van der Waals surface area contributed by atoms with Gasteiger partial charge in [-0.1, -0.05) is 24.9 Å². The van der Waals surface area contributed by atoms with Gasteiger partial charge in [0.05, 0.1) is 11.5 Å². The third kappa shape index (κ3) is 5.32. The van der Waals surface area contributed by atoms with Crippen molar-refractivity contribution >= 4 is 21.6 Å². The normalized spacial score (nSPS) is 11.7. The number of hydrogen-bond donors (Lipinski definition) is 2. The Balaban J connectivity index is 2.51. The zero-order valence-corrected chi connectivity index (χ0v) is 12.2. The second kappa shape index (κ2) is 7.64. The smallest absolute Gasteiger partial charge is 0.266 e. The third-order valence-electron chi connectivity index (χ3n) is 2.32. The Hall–Kier alpha value is -0.890. The van der Waals surface area contributed by atoms with Crippen LogP contribution in [-0.4, -0.2) is 33.2 Å². The lowest BCUT2D eigenvalue weighted by Gasteiger charge is -2.07. The summed E-state index contributed by atoms with van der Waals surface area (Å²) in [4.78, 5) is 13.2. The Kier molecular flexibility index (Phi) is 6.50. The van der Waals surface area contributed by atoms with E-state index in [1.54, 1.807) is 0 Å². The Morgan fingerprint density at radius 1 is 1.42 bits per heavy atom. The first kappa shape index (κ1) is 16.2. The third-order valence-corrected chi connectivity index (χ3v) is 4.04. The van der Waals surface area contributed by atoms with Crippen LogP contribution in [-0.2, 0) is 14.8 Å². The highest BCUT2D eigenvalue weighted by Gasteiger charge is 2.14. The van der Waals surface area contributed by atoms with E-state index in [0.29, 0.717) is 13.2 Å². The predicted molar refractivity (Wildman–Crippen MR) is 73.0 cm³/mol. The second-order valence-corrected chi connectivity index (χ2v) is 6.05. The minimum Gasteiger partial charge on any atom is -0.380 e. The van der Waals surface area contributed by atoms with Crippen molar-refractivity contribution < 1.29 is 13.2 Å². The average molecular weight is 309 g/mol. The Morgan fingerprint density at radius 3 is 2.79 bits per heavy atom. The molecule has 2 N–H and O–H groups in total. The molecule has 0 bridgehead atoms. The zero-order valence-electron chi connectivity index (χ0n) is 10.6. The molecule has 8 heteroatoms. The van der Waals surface area contributed by atoms with E-state index in [2.05, 4.69) is 9.71 Å². The molecule has 0 aliphatic carbocycles. The molecule has 0 amide bonds. The number of hydrogen-bond acceptors (Lipinski definition) is 4. The summed E-state index contributed by atoms with van der Waals surface area (Å²) in [7, 11) is -3.68. The quantitative estimate of drug-likeness (QED) is 0.704. The fourth-order valence-corrected chi connectivity index (χ4v) is 2.52. The van der Waals surface area contributed by atoms with Crippen LogP contribution >= 0.6 is 11.6 Å². The molecule has 0 aliphatic rings. The number of nitrogens with one attached hydrogen (secondary N) is 2. The second-order valence-electron chi connectivity index (χ2n) is 3.88. The molecule has 1 aromatic heterocycles. The summed E-state index contributed by atoms with van der Waals surface area (Å²) in [5.74, 6) is 0. The van der Waals surface area contributed by atoms with Crippen LogP contribution in [0.15, 0.2) is 22.0 Å². The van der Waals surface area contributed by atoms with Crippen LogP contribution in [0.1, 0.15) is 19.8 Å². The maximum Gasteiger partial charge on any atom is 0.266 e. The van der Waals surface area contributed by atoms with E-state index < -0.39 is 15.6 Å². The van der Waals surface area contributed by atoms with Crippen LogP contribution in [0, 0.1) is 0 Å². The van der Waals surface area contributed by atoms with Crippen molar-refractivity contribution in [2.75, 3.05) is 19.8 Å². The standard InChI is InChI=1S/C11H17ClN2O4S/c1-2-3-5-18-6-4-14-19(16,17)9-7-10(12)11(15)13-8-9/h7-8,14H,2-6H2,1H3,(H,13,15). The zero-order chi connectivity index (χ0) is 14.3. The van der Waals surface area contributed by atoms with Gasteiger partial charge in [0.2, 0.25) is 10.0 Å². The van der Waals surface area contributed by atoms with Crippen molar-refractivity contribution in [3.8, 4) is 0 Å². The number of rotatable bonds is 8. The topological polar surface area (TPSA) is 88.3 Å². The van der Waals surface area contributed by atoms with E-state index in [1.807, 2.05) is 6.92 Å². The minimum atomic E-state index is -3.68. The van der Waals surface area contributed by atoms with Crippen molar-refractivity contribution in [2.24, 2.45) is 0 Å². The van der Waals surface area contributed by atoms with Gasteiger partial charge in [0.15, 0.2) is 0 Å². The van der Waals surface area contributed by atoms with E-state index in [0.717, 1.165) is 25.1 Å². The van der Waals surface area contributed by atoms with Crippen molar-refractivity contribution in [1.29, 1.82) is 0 Å². The highest BCUT2D eigenvalue weighted by Crippen LogP contribution is 2.09. The molecule has 19 heavy (non-hydrogen) atoms. The van der Waals surface area contributed by atoms with Gasteiger partial charge in [0.1, 0.15) is 5.02 Å². The van der Waals surface area contributed by atoms with Gasteiger partial charge in [-0.05, 0) is 12.5 Å². The van der Waals surface area contributed by atoms with E-state index in [-0.39, 0.29) is 16.5 Å². The SMILES string of the molecule is CCCCOCCNS(=O)(=O)c1c[nH]c(=O)c(Cl)c1. The van der Waals surface area contributed by atoms with Crippen LogP contribution in [0.5, 0.6) is 0 Å².